The van der Waals surface area contributed by atoms with Gasteiger partial charge in [0.15, 0.2) is 0 Å². The monoisotopic (exact) mass is 600 g/mol. The molecule has 3 nitrogen and oxygen atoms in total. The Bertz CT molecular complexity index is 1060. The van der Waals surface area contributed by atoms with Crippen LogP contribution in [0.2, 0.25) is 0 Å². The Morgan fingerprint density at radius 1 is 0.500 bits per heavy atom. The van der Waals surface area contributed by atoms with Crippen molar-refractivity contribution in [1.82, 2.24) is 0 Å². The van der Waals surface area contributed by atoms with Gasteiger partial charge in [-0.2, -0.15) is 8.42 Å². The van der Waals surface area contributed by atoms with Crippen molar-refractivity contribution < 1.29 is 13.0 Å². The molecule has 0 aromatic heterocycles. The zero-order valence-electron chi connectivity index (χ0n) is 27.4. The average Bonchev–Trinajstić information content (AvgIpc) is 2.98. The highest BCUT2D eigenvalue weighted by molar-refractivity contribution is 7.86. The van der Waals surface area contributed by atoms with Crippen molar-refractivity contribution in [1.29, 1.82) is 0 Å². The van der Waals surface area contributed by atoms with Gasteiger partial charge in [-0.1, -0.05) is 179 Å². The first-order chi connectivity index (χ1) is 20.5. The Morgan fingerprint density at radius 3 is 1.33 bits per heavy atom. The minimum Gasteiger partial charge on any atom is -0.282 e. The van der Waals surface area contributed by atoms with E-state index in [1.165, 1.54) is 147 Å². The first kappa shape index (κ1) is 36.8. The minimum atomic E-state index is -4.27. The second-order valence-corrected chi connectivity index (χ2v) is 14.2. The molecule has 2 rings (SSSR count). The quantitative estimate of drug-likeness (QED) is 0.0819. The molecular weight excluding hydrogens is 536 g/mol. The Balaban J connectivity index is 1.82. The molecule has 1 N–H and O–H groups in total. The molecule has 0 saturated heterocycles. The van der Waals surface area contributed by atoms with Crippen molar-refractivity contribution in [2.24, 2.45) is 0 Å². The van der Waals surface area contributed by atoms with Crippen LogP contribution in [-0.2, 0) is 23.0 Å². The third-order valence-electron chi connectivity index (χ3n) is 9.07. The van der Waals surface area contributed by atoms with E-state index in [1.807, 2.05) is 12.1 Å². The second kappa shape index (κ2) is 23.1. The average molecular weight is 601 g/mol. The van der Waals surface area contributed by atoms with Crippen LogP contribution in [0.1, 0.15) is 179 Å². The number of benzene rings is 2. The predicted octanol–water partition coefficient (Wildman–Crippen LogP) is 12.6. The SMILES string of the molecule is CCCCCCCCCCCCCCc1ccc2cccc(S(=O)(=O)O)c2c1CCCCCCCCCCCCCC. The largest absolute Gasteiger partial charge is 0.295 e. The molecule has 0 atom stereocenters. The number of fused-ring (bicyclic) bond motifs is 1. The van der Waals surface area contributed by atoms with Crippen LogP contribution in [0.5, 0.6) is 0 Å². The van der Waals surface area contributed by atoms with E-state index in [9.17, 15) is 13.0 Å². The van der Waals surface area contributed by atoms with Crippen molar-refractivity contribution in [3.63, 3.8) is 0 Å². The molecule has 0 unspecified atom stereocenters. The van der Waals surface area contributed by atoms with Gasteiger partial charge >= 0.3 is 0 Å². The molecule has 0 spiro atoms. The van der Waals surface area contributed by atoms with Gasteiger partial charge in [0.25, 0.3) is 10.1 Å². The highest BCUT2D eigenvalue weighted by Gasteiger charge is 2.18. The molecule has 4 heteroatoms. The lowest BCUT2D eigenvalue weighted by molar-refractivity contribution is 0.484. The summed E-state index contributed by atoms with van der Waals surface area (Å²) in [6.45, 7) is 4.55. The van der Waals surface area contributed by atoms with Crippen LogP contribution in [0.4, 0.5) is 0 Å². The summed E-state index contributed by atoms with van der Waals surface area (Å²) in [5, 5.41) is 1.66. The smallest absolute Gasteiger partial charge is 0.282 e. The summed E-state index contributed by atoms with van der Waals surface area (Å²) < 4.78 is 34.7. The summed E-state index contributed by atoms with van der Waals surface area (Å²) in [7, 11) is -4.27. The molecule has 42 heavy (non-hydrogen) atoms. The minimum absolute atomic E-state index is 0.0745. The van der Waals surface area contributed by atoms with Crippen LogP contribution in [0.3, 0.4) is 0 Å². The normalized spacial score (nSPS) is 12.0. The Kier molecular flexibility index (Phi) is 20.2. The second-order valence-electron chi connectivity index (χ2n) is 12.8. The van der Waals surface area contributed by atoms with E-state index >= 15 is 0 Å². The Morgan fingerprint density at radius 2 is 0.905 bits per heavy atom. The molecule has 0 aliphatic carbocycles. The third-order valence-corrected chi connectivity index (χ3v) is 9.97. The van der Waals surface area contributed by atoms with Crippen LogP contribution in [-0.4, -0.2) is 13.0 Å². The molecule has 240 valence electrons. The van der Waals surface area contributed by atoms with Crippen molar-refractivity contribution >= 4 is 20.9 Å². The number of hydrogen-bond donors (Lipinski definition) is 1. The van der Waals surface area contributed by atoms with Crippen LogP contribution < -0.4 is 0 Å². The van der Waals surface area contributed by atoms with Gasteiger partial charge in [-0.3, -0.25) is 4.55 Å². The van der Waals surface area contributed by atoms with E-state index < -0.39 is 10.1 Å². The first-order valence-corrected chi connectivity index (χ1v) is 19.4. The maximum absolute atomic E-state index is 12.3. The molecule has 0 amide bonds. The topological polar surface area (TPSA) is 54.4 Å². The van der Waals surface area contributed by atoms with Gasteiger partial charge in [0.05, 0.1) is 0 Å². The lowest BCUT2D eigenvalue weighted by atomic mass is 9.91. The van der Waals surface area contributed by atoms with Crippen LogP contribution in [0.25, 0.3) is 10.8 Å². The molecule has 0 saturated carbocycles. The van der Waals surface area contributed by atoms with Crippen molar-refractivity contribution in [2.45, 2.75) is 186 Å². The van der Waals surface area contributed by atoms with Crippen LogP contribution >= 0.6 is 0 Å². The van der Waals surface area contributed by atoms with Crippen molar-refractivity contribution in [3.8, 4) is 0 Å². The van der Waals surface area contributed by atoms with Crippen LogP contribution in [0.15, 0.2) is 35.2 Å². The molecule has 0 aliphatic heterocycles. The molecule has 0 bridgehead atoms. The number of unbranched alkanes of at least 4 members (excludes halogenated alkanes) is 22. The van der Waals surface area contributed by atoms with Crippen LogP contribution in [0, 0.1) is 0 Å². The molecule has 0 fully saturated rings. The van der Waals surface area contributed by atoms with E-state index in [2.05, 4.69) is 19.9 Å². The van der Waals surface area contributed by atoms with E-state index in [0.29, 0.717) is 0 Å². The third kappa shape index (κ3) is 15.4. The first-order valence-electron chi connectivity index (χ1n) is 18.0. The standard InChI is InChI=1S/C38H64O3S/c1-3-5-7-9-11-13-15-17-19-21-23-25-28-34-32-33-35-29-27-31-37(42(39,40)41)38(35)36(34)30-26-24-22-20-18-16-14-12-10-8-6-4-2/h27,29,31-33H,3-26,28,30H2,1-2H3,(H,39,40,41). The number of aryl methyl sites for hydroxylation is 2. The van der Waals surface area contributed by atoms with E-state index in [-0.39, 0.29) is 4.90 Å². The van der Waals surface area contributed by atoms with Gasteiger partial charge in [-0.15, -0.1) is 0 Å². The van der Waals surface area contributed by atoms with Crippen molar-refractivity contribution in [3.05, 3.63) is 41.5 Å². The zero-order chi connectivity index (χ0) is 30.3. The molecule has 0 heterocycles. The summed E-state index contributed by atoms with van der Waals surface area (Å²) >= 11 is 0. The predicted molar refractivity (Wildman–Crippen MR) is 183 cm³/mol. The fourth-order valence-corrected chi connectivity index (χ4v) is 7.24. The molecule has 2 aromatic rings. The molecular formula is C38H64O3S. The highest BCUT2D eigenvalue weighted by atomic mass is 32.2. The zero-order valence-corrected chi connectivity index (χ0v) is 28.3. The van der Waals surface area contributed by atoms with E-state index in [0.717, 1.165) is 42.0 Å². The summed E-state index contributed by atoms with van der Waals surface area (Å²) in [5.74, 6) is 0. The van der Waals surface area contributed by atoms with Crippen molar-refractivity contribution in [2.75, 3.05) is 0 Å². The number of hydrogen-bond acceptors (Lipinski definition) is 2. The van der Waals surface area contributed by atoms with Gasteiger partial charge in [-0.05, 0) is 48.3 Å². The highest BCUT2D eigenvalue weighted by Crippen LogP contribution is 2.31. The lowest BCUT2D eigenvalue weighted by Gasteiger charge is -2.16. The van der Waals surface area contributed by atoms with Gasteiger partial charge in [-0.25, -0.2) is 0 Å². The maximum Gasteiger partial charge on any atom is 0.295 e. The molecule has 2 aromatic carbocycles. The van der Waals surface area contributed by atoms with Gasteiger partial charge < -0.3 is 0 Å². The summed E-state index contributed by atoms with van der Waals surface area (Å²) in [6.07, 6.45) is 33.6. The Hall–Kier alpha value is -1.39. The number of rotatable bonds is 27. The summed E-state index contributed by atoms with van der Waals surface area (Å²) in [4.78, 5) is 0.0745. The molecule has 0 aliphatic rings. The summed E-state index contributed by atoms with van der Waals surface area (Å²) in [5.41, 5.74) is 2.42. The summed E-state index contributed by atoms with van der Waals surface area (Å²) in [6, 6.07) is 9.54. The van der Waals surface area contributed by atoms with E-state index in [1.54, 1.807) is 12.1 Å². The molecule has 0 radical (unpaired) electrons. The van der Waals surface area contributed by atoms with E-state index in [4.69, 9.17) is 0 Å². The fraction of sp³-hybridized carbons (Fsp3) is 0.737. The fourth-order valence-electron chi connectivity index (χ4n) is 6.50. The lowest BCUT2D eigenvalue weighted by Crippen LogP contribution is -2.04. The van der Waals surface area contributed by atoms with Gasteiger partial charge in [0.2, 0.25) is 0 Å². The maximum atomic E-state index is 12.3. The Labute approximate surface area is 260 Å². The van der Waals surface area contributed by atoms with Gasteiger partial charge in [0, 0.05) is 5.39 Å². The van der Waals surface area contributed by atoms with Gasteiger partial charge in [0.1, 0.15) is 4.90 Å².